The van der Waals surface area contributed by atoms with Crippen LogP contribution in [0.5, 0.6) is 0 Å². The van der Waals surface area contributed by atoms with Crippen LogP contribution in [0.1, 0.15) is 25.0 Å². The fraction of sp³-hybridized carbons (Fsp3) is 0.160. The van der Waals surface area contributed by atoms with Crippen LogP contribution in [-0.4, -0.2) is 23.4 Å². The van der Waals surface area contributed by atoms with Crippen molar-refractivity contribution >= 4 is 38.8 Å². The van der Waals surface area contributed by atoms with Crippen LogP contribution in [0.25, 0.3) is 22.1 Å². The minimum absolute atomic E-state index is 0.00440. The second-order valence-corrected chi connectivity index (χ2v) is 10.1. The smallest absolute Gasteiger partial charge is 0.278 e. The molecule has 34 heavy (non-hydrogen) atoms. The molecule has 0 bridgehead atoms. The number of nitrogens with zero attached hydrogens (tertiary/aromatic N) is 4. The van der Waals surface area contributed by atoms with Gasteiger partial charge < -0.3 is 0 Å². The lowest BCUT2D eigenvalue weighted by molar-refractivity contribution is 0.221. The van der Waals surface area contributed by atoms with E-state index in [-0.39, 0.29) is 27.1 Å². The summed E-state index contributed by atoms with van der Waals surface area (Å²) in [4.78, 5) is 13.2. The summed E-state index contributed by atoms with van der Waals surface area (Å²) in [7, 11) is -1.55. The van der Waals surface area contributed by atoms with E-state index in [1.165, 1.54) is 29.0 Å². The average Bonchev–Trinajstić information content (AvgIpc) is 3.25. The maximum atomic E-state index is 14.6. The molecule has 0 fully saturated rings. The highest BCUT2D eigenvalue weighted by Crippen LogP contribution is 2.34. The third-order valence-corrected chi connectivity index (χ3v) is 7.34. The lowest BCUT2D eigenvalue weighted by atomic mass is 9.99. The maximum Gasteiger partial charge on any atom is 0.300 e. The Morgan fingerprint density at radius 1 is 1.00 bits per heavy atom. The van der Waals surface area contributed by atoms with Gasteiger partial charge in [-0.1, -0.05) is 66.2 Å². The summed E-state index contributed by atoms with van der Waals surface area (Å²) < 4.78 is 30.5. The Balaban J connectivity index is 1.55. The maximum absolute atomic E-state index is 14.6. The van der Waals surface area contributed by atoms with Gasteiger partial charge in [0.15, 0.2) is 0 Å². The largest absolute Gasteiger partial charge is 0.300 e. The van der Waals surface area contributed by atoms with E-state index < -0.39 is 22.0 Å². The molecule has 1 atom stereocenters. The Hall–Kier alpha value is -3.36. The summed E-state index contributed by atoms with van der Waals surface area (Å²) in [6.45, 7) is 2.81. The molecule has 0 N–H and O–H groups in total. The van der Waals surface area contributed by atoms with E-state index in [9.17, 15) is 13.4 Å². The second-order valence-electron chi connectivity index (χ2n) is 8.39. The molecule has 0 saturated carbocycles. The van der Waals surface area contributed by atoms with Crippen molar-refractivity contribution in [3.63, 3.8) is 0 Å². The van der Waals surface area contributed by atoms with Gasteiger partial charge >= 0.3 is 5.56 Å². The van der Waals surface area contributed by atoms with E-state index in [2.05, 4.69) is 10.2 Å². The van der Waals surface area contributed by atoms with Gasteiger partial charge in [-0.15, -0.1) is 10.2 Å². The molecule has 2 aromatic heterocycles. The molecule has 0 amide bonds. The van der Waals surface area contributed by atoms with E-state index in [4.69, 9.17) is 11.6 Å². The molecule has 6 nitrogen and oxygen atoms in total. The standard InChI is InChI=1S/C25H20ClFN4O2S/c1-25(2,27)19-11-6-12-20(21(19)26)30-13-14-31-22(23(30)32)28-29-24(31)34(33)15-17-9-5-8-16-7-3-4-10-18(16)17/h3-14H,15H2,1-2H3. The average molecular weight is 495 g/mol. The molecule has 0 spiro atoms. The van der Waals surface area contributed by atoms with Crippen LogP contribution in [0, 0.1) is 0 Å². The SMILES string of the molecule is CC(C)(F)c1cccc(-n2ccn3c(S(=O)Cc4cccc5ccccc45)nnc3c2=O)c1Cl. The summed E-state index contributed by atoms with van der Waals surface area (Å²) in [5, 5.41) is 10.4. The zero-order chi connectivity index (χ0) is 24.0. The number of hydrogen-bond donors (Lipinski definition) is 0. The lowest BCUT2D eigenvalue weighted by Crippen LogP contribution is -2.22. The van der Waals surface area contributed by atoms with Crippen LogP contribution in [0.3, 0.4) is 0 Å². The highest BCUT2D eigenvalue weighted by Gasteiger charge is 2.25. The molecule has 0 aliphatic rings. The van der Waals surface area contributed by atoms with Crippen molar-refractivity contribution in [3.05, 3.63) is 99.6 Å². The van der Waals surface area contributed by atoms with Gasteiger partial charge in [0.05, 0.1) is 27.3 Å². The Kier molecular flexibility index (Phi) is 5.58. The monoisotopic (exact) mass is 494 g/mol. The van der Waals surface area contributed by atoms with Crippen molar-refractivity contribution in [2.45, 2.75) is 30.4 Å². The van der Waals surface area contributed by atoms with Crippen molar-refractivity contribution in [1.29, 1.82) is 0 Å². The van der Waals surface area contributed by atoms with Gasteiger partial charge in [0.1, 0.15) is 5.67 Å². The summed E-state index contributed by atoms with van der Waals surface area (Å²) in [6, 6.07) is 18.6. The molecule has 0 radical (unpaired) electrons. The van der Waals surface area contributed by atoms with E-state index >= 15 is 0 Å². The van der Waals surface area contributed by atoms with Crippen molar-refractivity contribution in [2.75, 3.05) is 0 Å². The molecule has 9 heteroatoms. The molecule has 1 unspecified atom stereocenters. The first-order valence-corrected chi connectivity index (χ1v) is 12.2. The molecular weight excluding hydrogens is 475 g/mol. The molecule has 0 aliphatic carbocycles. The Labute approximate surface area is 202 Å². The predicted octanol–water partition coefficient (Wildman–Crippen LogP) is 5.20. The quantitative estimate of drug-likeness (QED) is 0.337. The molecule has 5 aromatic rings. The number of halogens is 2. The number of hydrogen-bond acceptors (Lipinski definition) is 4. The normalized spacial score (nSPS) is 12.9. The first-order valence-electron chi connectivity index (χ1n) is 10.6. The first kappa shape index (κ1) is 22.4. The van der Waals surface area contributed by atoms with Crippen molar-refractivity contribution < 1.29 is 8.60 Å². The zero-order valence-corrected chi connectivity index (χ0v) is 20.0. The van der Waals surface area contributed by atoms with Gasteiger partial charge in [-0.3, -0.25) is 18.0 Å². The van der Waals surface area contributed by atoms with Gasteiger partial charge in [0.2, 0.25) is 10.8 Å². The van der Waals surface area contributed by atoms with Gasteiger partial charge in [0.25, 0.3) is 0 Å². The number of rotatable bonds is 5. The Morgan fingerprint density at radius 3 is 2.53 bits per heavy atom. The van der Waals surface area contributed by atoms with Crippen LogP contribution < -0.4 is 5.56 Å². The molecule has 5 rings (SSSR count). The molecule has 3 aromatic carbocycles. The topological polar surface area (TPSA) is 69.3 Å². The van der Waals surface area contributed by atoms with Crippen LogP contribution in [0.4, 0.5) is 4.39 Å². The minimum atomic E-state index is -1.68. The molecule has 172 valence electrons. The molecule has 0 saturated heterocycles. The highest BCUT2D eigenvalue weighted by atomic mass is 35.5. The third kappa shape index (κ3) is 3.82. The van der Waals surface area contributed by atoms with Crippen LogP contribution in [0.15, 0.2) is 83.0 Å². The lowest BCUT2D eigenvalue weighted by Gasteiger charge is -2.19. The predicted molar refractivity (Wildman–Crippen MR) is 132 cm³/mol. The van der Waals surface area contributed by atoms with Gasteiger partial charge in [-0.2, -0.15) is 0 Å². The summed E-state index contributed by atoms with van der Waals surface area (Å²) in [6.07, 6.45) is 3.06. The summed E-state index contributed by atoms with van der Waals surface area (Å²) in [5.74, 6) is 0.227. The van der Waals surface area contributed by atoms with Crippen molar-refractivity contribution in [1.82, 2.24) is 19.2 Å². The number of aromatic nitrogens is 4. The third-order valence-electron chi connectivity index (χ3n) is 5.69. The van der Waals surface area contributed by atoms with Gasteiger partial charge in [-0.05, 0) is 36.2 Å². The van der Waals surface area contributed by atoms with Crippen molar-refractivity contribution in [2.24, 2.45) is 0 Å². The van der Waals surface area contributed by atoms with Crippen LogP contribution in [0.2, 0.25) is 5.02 Å². The summed E-state index contributed by atoms with van der Waals surface area (Å²) in [5.41, 5.74) is -0.653. The fourth-order valence-corrected chi connectivity index (χ4v) is 5.60. The van der Waals surface area contributed by atoms with Crippen LogP contribution >= 0.6 is 11.6 Å². The molecule has 2 heterocycles. The second kappa shape index (κ2) is 8.45. The number of alkyl halides is 1. The Morgan fingerprint density at radius 2 is 1.74 bits per heavy atom. The van der Waals surface area contributed by atoms with Crippen molar-refractivity contribution in [3.8, 4) is 5.69 Å². The fourth-order valence-electron chi connectivity index (χ4n) is 4.00. The number of benzene rings is 3. The van der Waals surface area contributed by atoms with E-state index in [0.29, 0.717) is 5.69 Å². The molecule has 0 aliphatic heterocycles. The first-order chi connectivity index (χ1) is 16.3. The van der Waals surface area contributed by atoms with Gasteiger partial charge in [-0.25, -0.2) is 4.39 Å². The van der Waals surface area contributed by atoms with E-state index in [1.807, 2.05) is 42.5 Å². The van der Waals surface area contributed by atoms with Gasteiger partial charge in [0, 0.05) is 18.0 Å². The van der Waals surface area contributed by atoms with E-state index in [0.717, 1.165) is 16.3 Å². The van der Waals surface area contributed by atoms with E-state index in [1.54, 1.807) is 24.4 Å². The van der Waals surface area contributed by atoms with Crippen LogP contribution in [-0.2, 0) is 22.2 Å². The number of fused-ring (bicyclic) bond motifs is 2. The minimum Gasteiger partial charge on any atom is -0.278 e. The summed E-state index contributed by atoms with van der Waals surface area (Å²) >= 11 is 6.45. The highest BCUT2D eigenvalue weighted by molar-refractivity contribution is 7.84. The Bertz CT molecular complexity index is 1630. The molecular formula is C25H20ClFN4O2S. The zero-order valence-electron chi connectivity index (χ0n) is 18.4.